The summed E-state index contributed by atoms with van der Waals surface area (Å²) in [6.07, 6.45) is 8.88. The van der Waals surface area contributed by atoms with Crippen LogP contribution in [0.25, 0.3) is 0 Å². The monoisotopic (exact) mass is 420 g/mol. The molecule has 2 saturated carbocycles. The smallest absolute Gasteiger partial charge is 0.156 e. The number of aliphatic hydroxyl groups is 1. The van der Waals surface area contributed by atoms with E-state index >= 15 is 0 Å². The molecule has 1 aromatic rings. The molecular formula is C27H32O4. The van der Waals surface area contributed by atoms with Gasteiger partial charge in [-0.15, -0.1) is 0 Å². The molecule has 0 spiro atoms. The first-order valence-electron chi connectivity index (χ1n) is 11.6. The van der Waals surface area contributed by atoms with Gasteiger partial charge in [-0.25, -0.2) is 0 Å². The van der Waals surface area contributed by atoms with Gasteiger partial charge in [0, 0.05) is 30.4 Å². The Morgan fingerprint density at radius 3 is 2.65 bits per heavy atom. The van der Waals surface area contributed by atoms with E-state index in [0.29, 0.717) is 30.4 Å². The minimum atomic E-state index is -0.817. The van der Waals surface area contributed by atoms with E-state index in [1.54, 1.807) is 7.11 Å². The largest absolute Gasteiger partial charge is 0.387 e. The van der Waals surface area contributed by atoms with Crippen LogP contribution in [0.3, 0.4) is 0 Å². The highest BCUT2D eigenvalue weighted by Crippen LogP contribution is 2.66. The normalized spacial score (nSPS) is 37.1. The first-order valence-corrected chi connectivity index (χ1v) is 11.6. The highest BCUT2D eigenvalue weighted by Gasteiger charge is 2.62. The van der Waals surface area contributed by atoms with E-state index in [2.05, 4.69) is 19.1 Å². The molecule has 0 aromatic heterocycles. The fraction of sp³-hybridized carbons (Fsp3) is 0.556. The van der Waals surface area contributed by atoms with E-state index in [1.165, 1.54) is 22.3 Å². The molecule has 5 rings (SSSR count). The fourth-order valence-corrected chi connectivity index (χ4v) is 7.34. The summed E-state index contributed by atoms with van der Waals surface area (Å²) in [7, 11) is 1.68. The van der Waals surface area contributed by atoms with Crippen molar-refractivity contribution in [3.8, 4) is 0 Å². The van der Waals surface area contributed by atoms with Gasteiger partial charge < -0.3 is 9.84 Å². The van der Waals surface area contributed by atoms with Crippen molar-refractivity contribution in [1.29, 1.82) is 0 Å². The average molecular weight is 421 g/mol. The Labute approximate surface area is 184 Å². The van der Waals surface area contributed by atoms with E-state index in [4.69, 9.17) is 4.74 Å². The number of carbonyl (C=O) groups is 2. The fourth-order valence-electron chi connectivity index (χ4n) is 7.34. The number of fused-ring (bicyclic) bond motifs is 4. The average Bonchev–Trinajstić information content (AvgIpc) is 3.03. The van der Waals surface area contributed by atoms with Crippen LogP contribution in [-0.4, -0.2) is 36.5 Å². The maximum Gasteiger partial charge on any atom is 0.156 e. The third-order valence-electron chi connectivity index (χ3n) is 8.91. The van der Waals surface area contributed by atoms with Crippen molar-refractivity contribution in [3.05, 3.63) is 58.2 Å². The maximum atomic E-state index is 12.1. The van der Waals surface area contributed by atoms with Gasteiger partial charge in [-0.3, -0.25) is 9.59 Å². The molecule has 0 radical (unpaired) electrons. The van der Waals surface area contributed by atoms with Gasteiger partial charge in [-0.2, -0.15) is 0 Å². The molecule has 1 aromatic carbocycles. The number of ketones is 1. The number of benzene rings is 1. The summed E-state index contributed by atoms with van der Waals surface area (Å²) in [5.41, 5.74) is 5.01. The van der Waals surface area contributed by atoms with Crippen LogP contribution in [0.2, 0.25) is 0 Å². The SMILES string of the molecule is COC[C@@]1(O)CC[C@H]2[C@@H]3CCC4=CC(=O)CCC4=C3[C@@H](c3ccc(C=O)cc3)C[C@@]21C. The zero-order valence-electron chi connectivity index (χ0n) is 18.5. The van der Waals surface area contributed by atoms with Gasteiger partial charge in [0.15, 0.2) is 5.78 Å². The number of carbonyl (C=O) groups excluding carboxylic acids is 2. The van der Waals surface area contributed by atoms with E-state index in [9.17, 15) is 14.7 Å². The van der Waals surface area contributed by atoms with Crippen LogP contribution in [-0.2, 0) is 9.53 Å². The minimum absolute atomic E-state index is 0.195. The van der Waals surface area contributed by atoms with E-state index in [1.807, 2.05) is 18.2 Å². The van der Waals surface area contributed by atoms with Crippen LogP contribution in [0.4, 0.5) is 0 Å². The van der Waals surface area contributed by atoms with Gasteiger partial charge in [-0.05, 0) is 73.1 Å². The molecule has 4 aliphatic carbocycles. The van der Waals surface area contributed by atoms with Crippen molar-refractivity contribution in [2.45, 2.75) is 63.4 Å². The molecule has 4 nitrogen and oxygen atoms in total. The number of rotatable bonds is 4. The van der Waals surface area contributed by atoms with E-state index in [-0.39, 0.29) is 17.1 Å². The second-order valence-corrected chi connectivity index (χ2v) is 10.3. The molecule has 0 saturated heterocycles. The molecule has 0 amide bonds. The van der Waals surface area contributed by atoms with Crippen molar-refractivity contribution in [2.24, 2.45) is 17.3 Å². The van der Waals surface area contributed by atoms with Gasteiger partial charge >= 0.3 is 0 Å². The molecule has 31 heavy (non-hydrogen) atoms. The molecule has 1 N–H and O–H groups in total. The van der Waals surface area contributed by atoms with Crippen LogP contribution in [0, 0.1) is 17.3 Å². The number of methoxy groups -OCH3 is 1. The van der Waals surface area contributed by atoms with Crippen LogP contribution >= 0.6 is 0 Å². The quantitative estimate of drug-likeness (QED) is 0.713. The predicted molar refractivity (Wildman–Crippen MR) is 119 cm³/mol. The Balaban J connectivity index is 1.66. The highest BCUT2D eigenvalue weighted by atomic mass is 16.5. The van der Waals surface area contributed by atoms with Gasteiger partial charge in [0.25, 0.3) is 0 Å². The molecule has 0 aliphatic heterocycles. The zero-order chi connectivity index (χ0) is 21.8. The van der Waals surface area contributed by atoms with Crippen molar-refractivity contribution in [3.63, 3.8) is 0 Å². The van der Waals surface area contributed by atoms with E-state index < -0.39 is 5.60 Å². The Bertz CT molecular complexity index is 971. The molecular weight excluding hydrogens is 388 g/mol. The van der Waals surface area contributed by atoms with Crippen LogP contribution in [0.15, 0.2) is 47.1 Å². The Morgan fingerprint density at radius 1 is 1.16 bits per heavy atom. The summed E-state index contributed by atoms with van der Waals surface area (Å²) < 4.78 is 5.50. The number of aldehydes is 1. The number of ether oxygens (including phenoxy) is 1. The molecule has 4 aliphatic rings. The molecule has 0 bridgehead atoms. The van der Waals surface area contributed by atoms with Crippen LogP contribution < -0.4 is 0 Å². The Hall–Kier alpha value is -2.04. The minimum Gasteiger partial charge on any atom is -0.387 e. The van der Waals surface area contributed by atoms with Crippen molar-refractivity contribution in [2.75, 3.05) is 13.7 Å². The molecule has 0 unspecified atom stereocenters. The van der Waals surface area contributed by atoms with Crippen LogP contribution in [0.5, 0.6) is 0 Å². The van der Waals surface area contributed by atoms with Gasteiger partial charge in [0.05, 0.1) is 12.2 Å². The highest BCUT2D eigenvalue weighted by molar-refractivity contribution is 5.93. The number of hydrogen-bond acceptors (Lipinski definition) is 4. The first-order chi connectivity index (χ1) is 14.9. The van der Waals surface area contributed by atoms with Crippen molar-refractivity contribution >= 4 is 12.1 Å². The standard InChI is InChI=1S/C27H32O4/c1-26-14-23(18-5-3-17(15-28)4-6-18)25-21-10-8-20(29)13-19(21)7-9-22(25)24(26)11-12-27(26,30)16-31-2/h3-6,13,15,22-24,30H,7-12,14,16H2,1-2H3/t22-,23+,24-,26-,27-/m0/s1. The Morgan fingerprint density at radius 2 is 1.94 bits per heavy atom. The zero-order valence-corrected chi connectivity index (χ0v) is 18.5. The third-order valence-corrected chi connectivity index (χ3v) is 8.91. The summed E-state index contributed by atoms with van der Waals surface area (Å²) in [4.78, 5) is 23.3. The van der Waals surface area contributed by atoms with Crippen molar-refractivity contribution in [1.82, 2.24) is 0 Å². The summed E-state index contributed by atoms with van der Waals surface area (Å²) in [5.74, 6) is 1.31. The number of allylic oxidation sites excluding steroid dienone is 4. The molecule has 164 valence electrons. The second kappa shape index (κ2) is 7.53. The lowest BCUT2D eigenvalue weighted by atomic mass is 9.51. The lowest BCUT2D eigenvalue weighted by Crippen LogP contribution is -2.53. The Kier molecular flexibility index (Phi) is 5.06. The summed E-state index contributed by atoms with van der Waals surface area (Å²) in [6, 6.07) is 7.96. The maximum absolute atomic E-state index is 12.1. The van der Waals surface area contributed by atoms with Gasteiger partial charge in [0.1, 0.15) is 6.29 Å². The first kappa shape index (κ1) is 20.8. The second-order valence-electron chi connectivity index (χ2n) is 10.3. The number of hydrogen-bond donors (Lipinski definition) is 1. The third kappa shape index (κ3) is 3.10. The molecule has 4 heteroatoms. The lowest BCUT2D eigenvalue weighted by Gasteiger charge is -2.54. The van der Waals surface area contributed by atoms with Crippen LogP contribution in [0.1, 0.15) is 73.7 Å². The molecule has 0 heterocycles. The predicted octanol–water partition coefficient (Wildman–Crippen LogP) is 4.78. The van der Waals surface area contributed by atoms with E-state index in [0.717, 1.165) is 44.8 Å². The topological polar surface area (TPSA) is 63.6 Å². The molecule has 5 atom stereocenters. The van der Waals surface area contributed by atoms with Gasteiger partial charge in [-0.1, -0.05) is 36.8 Å². The van der Waals surface area contributed by atoms with Crippen molar-refractivity contribution < 1.29 is 19.4 Å². The summed E-state index contributed by atoms with van der Waals surface area (Å²) in [5, 5.41) is 11.7. The summed E-state index contributed by atoms with van der Waals surface area (Å²) in [6.45, 7) is 2.64. The summed E-state index contributed by atoms with van der Waals surface area (Å²) >= 11 is 0. The lowest BCUT2D eigenvalue weighted by molar-refractivity contribution is -0.128. The molecule has 2 fully saturated rings. The van der Waals surface area contributed by atoms with Gasteiger partial charge in [0.2, 0.25) is 0 Å².